The van der Waals surface area contributed by atoms with Crippen molar-refractivity contribution in [1.82, 2.24) is 5.32 Å². The predicted octanol–water partition coefficient (Wildman–Crippen LogP) is 4.21. The monoisotopic (exact) mass is 559 g/mol. The van der Waals surface area contributed by atoms with Crippen molar-refractivity contribution in [2.24, 2.45) is 10.2 Å². The van der Waals surface area contributed by atoms with Gasteiger partial charge < -0.3 is 29.0 Å². The van der Waals surface area contributed by atoms with Crippen LogP contribution in [0.25, 0.3) is 20.9 Å². The van der Waals surface area contributed by atoms with Crippen LogP contribution in [0.5, 0.6) is 0 Å². The third-order valence-corrected chi connectivity index (χ3v) is 6.57. The van der Waals surface area contributed by atoms with Crippen LogP contribution in [0.15, 0.2) is 40.6 Å². The number of benzene rings is 1. The summed E-state index contributed by atoms with van der Waals surface area (Å²) in [5.74, 6) is -1.39. The van der Waals surface area contributed by atoms with E-state index < -0.39 is 66.9 Å². The van der Waals surface area contributed by atoms with Crippen LogP contribution in [0.2, 0.25) is 0 Å². The lowest BCUT2D eigenvalue weighted by molar-refractivity contribution is -0.255. The van der Waals surface area contributed by atoms with E-state index in [1.165, 1.54) is 13.8 Å². The van der Waals surface area contributed by atoms with Gasteiger partial charge in [0.1, 0.15) is 18.8 Å². The number of carbonyl (C=O) groups is 3. The number of carbonyl (C=O) groups excluding carboxylic acids is 3. The second-order valence-corrected chi connectivity index (χ2v) is 9.56. The van der Waals surface area contributed by atoms with E-state index in [1.54, 1.807) is 6.92 Å². The molecule has 0 spiro atoms. The molecular formula is C25H33N7O8. The molecule has 8 atom stereocenters. The molecule has 1 saturated heterocycles. The average Bonchev–Trinajstić information content (AvgIpc) is 2.92. The third kappa shape index (κ3) is 8.75. The average molecular weight is 560 g/mol. The van der Waals surface area contributed by atoms with E-state index in [0.29, 0.717) is 19.3 Å². The van der Waals surface area contributed by atoms with Gasteiger partial charge in [-0.05, 0) is 49.2 Å². The van der Waals surface area contributed by atoms with Crippen LogP contribution in [0.4, 0.5) is 4.79 Å². The lowest BCUT2D eigenvalue weighted by atomic mass is 9.84. The zero-order valence-electron chi connectivity index (χ0n) is 22.5. The van der Waals surface area contributed by atoms with Crippen LogP contribution in [0.1, 0.15) is 52.0 Å². The molecule has 1 unspecified atom stereocenters. The predicted molar refractivity (Wildman–Crippen MR) is 138 cm³/mol. The minimum atomic E-state index is -1.24. The van der Waals surface area contributed by atoms with Crippen molar-refractivity contribution in [1.29, 1.82) is 0 Å². The molecule has 0 aromatic heterocycles. The summed E-state index contributed by atoms with van der Waals surface area (Å²) < 4.78 is 28.5. The van der Waals surface area contributed by atoms with E-state index in [0.717, 1.165) is 5.56 Å². The zero-order valence-corrected chi connectivity index (χ0v) is 22.5. The molecule has 0 radical (unpaired) electrons. The number of rotatable bonds is 10. The maximum absolute atomic E-state index is 12.3. The van der Waals surface area contributed by atoms with Crippen LogP contribution in [0, 0.1) is 0 Å². The number of nitrogens with one attached hydrogen (secondary N) is 1. The molecule has 1 N–H and O–H groups in total. The van der Waals surface area contributed by atoms with E-state index in [9.17, 15) is 19.9 Å². The second-order valence-electron chi connectivity index (χ2n) is 9.56. The number of hydrogen-bond acceptors (Lipinski definition) is 10. The highest BCUT2D eigenvalue weighted by molar-refractivity contribution is 5.68. The summed E-state index contributed by atoms with van der Waals surface area (Å²) in [6.45, 7) is 4.24. The normalized spacial score (nSPS) is 28.5. The molecule has 1 aliphatic heterocycles. The van der Waals surface area contributed by atoms with Crippen molar-refractivity contribution in [2.75, 3.05) is 0 Å². The van der Waals surface area contributed by atoms with Gasteiger partial charge in [-0.1, -0.05) is 40.6 Å². The van der Waals surface area contributed by atoms with Gasteiger partial charge in [0.2, 0.25) is 0 Å². The lowest BCUT2D eigenvalue weighted by Gasteiger charge is -2.44. The maximum atomic E-state index is 12.3. The molecule has 1 aliphatic carbocycles. The SMILES string of the molecule is CC(=O)O[C@@H]1[C@@H](OC(C)=O)[C@H](N=[N+]=[N-])C[C@H](N=[N+]=[N-])[C@H]1O[C@@H]1CCC[C@@H](C(C)NC(=O)OCc2ccccc2)O1. The molecule has 1 amide bonds. The van der Waals surface area contributed by atoms with Gasteiger partial charge in [0, 0.05) is 23.7 Å². The van der Waals surface area contributed by atoms with Gasteiger partial charge in [-0.3, -0.25) is 9.59 Å². The molecule has 2 aliphatic rings. The van der Waals surface area contributed by atoms with E-state index in [-0.39, 0.29) is 13.0 Å². The Bertz CT molecular complexity index is 1130. The van der Waals surface area contributed by atoms with Crippen LogP contribution in [-0.4, -0.2) is 66.9 Å². The number of nitrogens with zero attached hydrogens (tertiary/aromatic N) is 6. The first-order chi connectivity index (χ1) is 19.2. The number of esters is 2. The van der Waals surface area contributed by atoms with Crippen molar-refractivity contribution in [3.05, 3.63) is 56.8 Å². The first kappa shape index (κ1) is 30.5. The number of alkyl carbamates (subject to hydrolysis) is 1. The van der Waals surface area contributed by atoms with Crippen LogP contribution in [0.3, 0.4) is 0 Å². The topological polar surface area (TPSA) is 207 Å². The molecule has 1 aromatic rings. The highest BCUT2D eigenvalue weighted by Crippen LogP contribution is 2.34. The summed E-state index contributed by atoms with van der Waals surface area (Å²) in [5.41, 5.74) is 19.1. The quantitative estimate of drug-likeness (QED) is 0.144. The van der Waals surface area contributed by atoms with Gasteiger partial charge >= 0.3 is 18.0 Å². The molecule has 0 bridgehead atoms. The van der Waals surface area contributed by atoms with Gasteiger partial charge in [-0.2, -0.15) is 0 Å². The summed E-state index contributed by atoms with van der Waals surface area (Å²) in [7, 11) is 0. The maximum Gasteiger partial charge on any atom is 0.407 e. The Labute approximate surface area is 230 Å². The molecule has 3 rings (SSSR count). The Morgan fingerprint density at radius 3 is 2.25 bits per heavy atom. The summed E-state index contributed by atoms with van der Waals surface area (Å²) in [5, 5.41) is 10.2. The highest BCUT2D eigenvalue weighted by Gasteiger charge is 2.50. The fourth-order valence-corrected chi connectivity index (χ4v) is 4.83. The van der Waals surface area contributed by atoms with Crippen molar-refractivity contribution in [3.8, 4) is 0 Å². The Hall–Kier alpha value is -4.03. The smallest absolute Gasteiger partial charge is 0.407 e. The second kappa shape index (κ2) is 14.9. The minimum Gasteiger partial charge on any atom is -0.458 e. The van der Waals surface area contributed by atoms with Crippen molar-refractivity contribution in [2.45, 2.75) is 102 Å². The molecule has 2 fully saturated rings. The first-order valence-electron chi connectivity index (χ1n) is 12.9. The summed E-state index contributed by atoms with van der Waals surface area (Å²) >= 11 is 0. The zero-order chi connectivity index (χ0) is 29.1. The van der Waals surface area contributed by atoms with Crippen molar-refractivity contribution in [3.63, 3.8) is 0 Å². The number of amides is 1. The Morgan fingerprint density at radius 1 is 1.00 bits per heavy atom. The third-order valence-electron chi connectivity index (χ3n) is 6.57. The number of ether oxygens (including phenoxy) is 5. The summed E-state index contributed by atoms with van der Waals surface area (Å²) in [4.78, 5) is 41.8. The summed E-state index contributed by atoms with van der Waals surface area (Å²) in [6, 6.07) is 6.95. The van der Waals surface area contributed by atoms with E-state index in [2.05, 4.69) is 25.4 Å². The highest BCUT2D eigenvalue weighted by atomic mass is 16.7. The molecule has 40 heavy (non-hydrogen) atoms. The Kier molecular flexibility index (Phi) is 11.4. The molecule has 216 valence electrons. The van der Waals surface area contributed by atoms with Crippen molar-refractivity contribution < 1.29 is 38.1 Å². The van der Waals surface area contributed by atoms with Gasteiger partial charge in [0.25, 0.3) is 0 Å². The van der Waals surface area contributed by atoms with Crippen LogP contribution in [-0.2, 0) is 39.9 Å². The summed E-state index contributed by atoms with van der Waals surface area (Å²) in [6.07, 6.45) is -3.57. The van der Waals surface area contributed by atoms with E-state index >= 15 is 0 Å². The van der Waals surface area contributed by atoms with Crippen molar-refractivity contribution >= 4 is 18.0 Å². The number of hydrogen-bond donors (Lipinski definition) is 1. The van der Waals surface area contributed by atoms with Gasteiger partial charge in [0.05, 0.1) is 24.2 Å². The molecule has 15 nitrogen and oxygen atoms in total. The Balaban J connectivity index is 1.71. The molecule has 1 aromatic carbocycles. The van der Waals surface area contributed by atoms with Gasteiger partial charge in [0.15, 0.2) is 12.4 Å². The van der Waals surface area contributed by atoms with Gasteiger partial charge in [-0.25, -0.2) is 4.79 Å². The Morgan fingerprint density at radius 2 is 1.62 bits per heavy atom. The number of azide groups is 2. The molecule has 1 saturated carbocycles. The fourth-order valence-electron chi connectivity index (χ4n) is 4.83. The van der Waals surface area contributed by atoms with Crippen LogP contribution >= 0.6 is 0 Å². The van der Waals surface area contributed by atoms with E-state index in [1.807, 2.05) is 30.3 Å². The van der Waals surface area contributed by atoms with E-state index in [4.69, 9.17) is 29.2 Å². The largest absolute Gasteiger partial charge is 0.458 e. The van der Waals surface area contributed by atoms with Gasteiger partial charge in [-0.15, -0.1) is 0 Å². The standard InChI is InChI=1S/C25H33N7O8/c1-14(28-25(35)36-13-17-8-5-4-6-9-17)20-10-7-11-21(39-20)40-23-19(30-32-27)12-18(29-31-26)22(37-15(2)33)24(23)38-16(3)34/h4-6,8-9,14,18-24H,7,10-13H2,1-3H3,(H,28,35)/t14?,18-,19+,20+,21-,22+,23-,24-/m1/s1. The minimum absolute atomic E-state index is 0.0180. The van der Waals surface area contributed by atoms with Crippen LogP contribution < -0.4 is 5.32 Å². The molecular weight excluding hydrogens is 526 g/mol. The molecule has 15 heteroatoms. The fraction of sp³-hybridized carbons (Fsp3) is 0.640. The lowest BCUT2D eigenvalue weighted by Crippen LogP contribution is -2.59. The molecule has 1 heterocycles. The first-order valence-corrected chi connectivity index (χ1v) is 12.9.